The quantitative estimate of drug-likeness (QED) is 0.868. The lowest BCUT2D eigenvalue weighted by atomic mass is 9.97. The molecule has 4 nitrogen and oxygen atoms in total. The molecule has 1 aliphatic rings. The Bertz CT molecular complexity index is 526. The lowest BCUT2D eigenvalue weighted by Gasteiger charge is -2.33. The fourth-order valence-corrected chi connectivity index (χ4v) is 3.04. The summed E-state index contributed by atoms with van der Waals surface area (Å²) >= 11 is 6.24. The van der Waals surface area contributed by atoms with Gasteiger partial charge in [-0.3, -0.25) is 0 Å². The van der Waals surface area contributed by atoms with Crippen molar-refractivity contribution in [2.75, 3.05) is 25.0 Å². The minimum Gasteiger partial charge on any atom is -0.444 e. The summed E-state index contributed by atoms with van der Waals surface area (Å²) in [5.41, 5.74) is 1.74. The molecule has 1 N–H and O–H groups in total. The van der Waals surface area contributed by atoms with E-state index in [1.165, 1.54) is 0 Å². The van der Waals surface area contributed by atoms with Crippen LogP contribution in [0.2, 0.25) is 5.02 Å². The number of benzene rings is 1. The summed E-state index contributed by atoms with van der Waals surface area (Å²) < 4.78 is 5.43. The highest BCUT2D eigenvalue weighted by molar-refractivity contribution is 6.33. The SMILES string of the molecule is Cc1cccc(Cl)c1NCC1CCN(C(=O)OC(C)(C)C)CC1. The lowest BCUT2D eigenvalue weighted by molar-refractivity contribution is 0.0188. The summed E-state index contributed by atoms with van der Waals surface area (Å²) in [5.74, 6) is 0.546. The number of nitrogens with zero attached hydrogens (tertiary/aromatic N) is 1. The van der Waals surface area contributed by atoms with Crippen LogP contribution in [0.3, 0.4) is 0 Å². The van der Waals surface area contributed by atoms with Crippen LogP contribution in [0.15, 0.2) is 18.2 Å². The Morgan fingerprint density at radius 1 is 1.35 bits per heavy atom. The average Bonchev–Trinajstić information content (AvgIpc) is 2.45. The standard InChI is InChI=1S/C18H27ClN2O2/c1-13-6-5-7-15(19)16(13)20-12-14-8-10-21(11-9-14)17(22)23-18(2,3)4/h5-7,14,20H,8-12H2,1-4H3. The number of para-hydroxylation sites is 1. The van der Waals surface area contributed by atoms with Gasteiger partial charge < -0.3 is 15.0 Å². The number of likely N-dealkylation sites (tertiary alicyclic amines) is 1. The Morgan fingerprint density at radius 3 is 2.57 bits per heavy atom. The van der Waals surface area contributed by atoms with E-state index in [9.17, 15) is 4.79 Å². The molecule has 0 aromatic heterocycles. The van der Waals surface area contributed by atoms with Crippen molar-refractivity contribution in [2.45, 2.75) is 46.1 Å². The van der Waals surface area contributed by atoms with Crippen LogP contribution in [0.25, 0.3) is 0 Å². The Hall–Kier alpha value is -1.42. The molecule has 0 aliphatic carbocycles. The first-order valence-corrected chi connectivity index (χ1v) is 8.61. The predicted octanol–water partition coefficient (Wildman–Crippen LogP) is 4.71. The van der Waals surface area contributed by atoms with Gasteiger partial charge in [-0.2, -0.15) is 0 Å². The van der Waals surface area contributed by atoms with Crippen molar-refractivity contribution < 1.29 is 9.53 Å². The van der Waals surface area contributed by atoms with E-state index < -0.39 is 5.60 Å². The highest BCUT2D eigenvalue weighted by atomic mass is 35.5. The second kappa shape index (κ2) is 7.43. The summed E-state index contributed by atoms with van der Waals surface area (Å²) in [6.07, 6.45) is 1.76. The van der Waals surface area contributed by atoms with Crippen molar-refractivity contribution in [3.05, 3.63) is 28.8 Å². The van der Waals surface area contributed by atoms with Gasteiger partial charge in [0.15, 0.2) is 0 Å². The first-order valence-electron chi connectivity index (χ1n) is 8.23. The van der Waals surface area contributed by atoms with Gasteiger partial charge in [-0.05, 0) is 58.1 Å². The number of carbonyl (C=O) groups excluding carboxylic acids is 1. The van der Waals surface area contributed by atoms with E-state index in [-0.39, 0.29) is 6.09 Å². The van der Waals surface area contributed by atoms with E-state index in [0.717, 1.165) is 48.7 Å². The summed E-state index contributed by atoms with van der Waals surface area (Å²) in [6, 6.07) is 5.92. The maximum absolute atomic E-state index is 12.1. The molecular weight excluding hydrogens is 312 g/mol. The van der Waals surface area contributed by atoms with E-state index in [2.05, 4.69) is 18.3 Å². The highest BCUT2D eigenvalue weighted by Crippen LogP contribution is 2.27. The van der Waals surface area contributed by atoms with Crippen LogP contribution >= 0.6 is 11.6 Å². The molecule has 5 heteroatoms. The minimum atomic E-state index is -0.433. The number of halogens is 1. The van der Waals surface area contributed by atoms with Crippen molar-refractivity contribution in [1.82, 2.24) is 4.90 Å². The number of ether oxygens (including phenoxy) is 1. The Labute approximate surface area is 144 Å². The van der Waals surface area contributed by atoms with Crippen LogP contribution in [-0.4, -0.2) is 36.2 Å². The van der Waals surface area contributed by atoms with Crippen LogP contribution in [0.1, 0.15) is 39.2 Å². The number of piperidine rings is 1. The molecule has 1 heterocycles. The van der Waals surface area contributed by atoms with Crippen molar-refractivity contribution in [3.63, 3.8) is 0 Å². The fraction of sp³-hybridized carbons (Fsp3) is 0.611. The van der Waals surface area contributed by atoms with E-state index in [4.69, 9.17) is 16.3 Å². The number of nitrogens with one attached hydrogen (secondary N) is 1. The number of aryl methyl sites for hydroxylation is 1. The third-order valence-electron chi connectivity index (χ3n) is 4.06. The second-order valence-electron chi connectivity index (χ2n) is 7.22. The molecular formula is C18H27ClN2O2. The van der Waals surface area contributed by atoms with Gasteiger partial charge in [0, 0.05) is 19.6 Å². The first-order chi connectivity index (χ1) is 10.8. The summed E-state index contributed by atoms with van der Waals surface area (Å²) in [4.78, 5) is 13.9. The third kappa shape index (κ3) is 5.31. The van der Waals surface area contributed by atoms with Crippen LogP contribution in [0.4, 0.5) is 10.5 Å². The number of hydrogen-bond donors (Lipinski definition) is 1. The van der Waals surface area contributed by atoms with Crippen LogP contribution in [0, 0.1) is 12.8 Å². The number of carbonyl (C=O) groups is 1. The van der Waals surface area contributed by atoms with Gasteiger partial charge in [-0.1, -0.05) is 23.7 Å². The van der Waals surface area contributed by atoms with E-state index in [1.54, 1.807) is 0 Å². The third-order valence-corrected chi connectivity index (χ3v) is 4.37. The van der Waals surface area contributed by atoms with E-state index >= 15 is 0 Å². The zero-order valence-electron chi connectivity index (χ0n) is 14.5. The molecule has 0 radical (unpaired) electrons. The molecule has 0 atom stereocenters. The summed E-state index contributed by atoms with van der Waals surface area (Å²) in [5, 5.41) is 4.23. The molecule has 1 aromatic rings. The second-order valence-corrected chi connectivity index (χ2v) is 7.63. The van der Waals surface area contributed by atoms with E-state index in [0.29, 0.717) is 5.92 Å². The van der Waals surface area contributed by atoms with Gasteiger partial charge in [0.1, 0.15) is 5.60 Å². The monoisotopic (exact) mass is 338 g/mol. The Morgan fingerprint density at radius 2 is 2.00 bits per heavy atom. The van der Waals surface area contributed by atoms with Gasteiger partial charge in [0.25, 0.3) is 0 Å². The molecule has 2 rings (SSSR count). The molecule has 1 aliphatic heterocycles. The minimum absolute atomic E-state index is 0.203. The topological polar surface area (TPSA) is 41.6 Å². The maximum Gasteiger partial charge on any atom is 0.410 e. The molecule has 1 fully saturated rings. The molecule has 0 spiro atoms. The zero-order chi connectivity index (χ0) is 17.0. The number of amides is 1. The molecule has 1 aromatic carbocycles. The normalized spacial score (nSPS) is 16.3. The van der Waals surface area contributed by atoms with Gasteiger partial charge >= 0.3 is 6.09 Å². The van der Waals surface area contributed by atoms with Crippen molar-refractivity contribution >= 4 is 23.4 Å². The van der Waals surface area contributed by atoms with Crippen LogP contribution < -0.4 is 5.32 Å². The number of hydrogen-bond acceptors (Lipinski definition) is 3. The van der Waals surface area contributed by atoms with Crippen LogP contribution in [0.5, 0.6) is 0 Å². The van der Waals surface area contributed by atoms with Crippen LogP contribution in [-0.2, 0) is 4.74 Å². The first kappa shape index (κ1) is 17.9. The predicted molar refractivity (Wildman–Crippen MR) is 95.2 cm³/mol. The van der Waals surface area contributed by atoms with Crippen molar-refractivity contribution in [1.29, 1.82) is 0 Å². The summed E-state index contributed by atoms with van der Waals surface area (Å²) in [7, 11) is 0. The van der Waals surface area contributed by atoms with Crippen molar-refractivity contribution in [3.8, 4) is 0 Å². The van der Waals surface area contributed by atoms with Gasteiger partial charge in [-0.25, -0.2) is 4.79 Å². The van der Waals surface area contributed by atoms with Crippen molar-refractivity contribution in [2.24, 2.45) is 5.92 Å². The molecule has 128 valence electrons. The summed E-state index contributed by atoms with van der Waals surface area (Å²) in [6.45, 7) is 10.1. The van der Waals surface area contributed by atoms with Gasteiger partial charge in [0.05, 0.1) is 10.7 Å². The highest BCUT2D eigenvalue weighted by Gasteiger charge is 2.26. The molecule has 0 bridgehead atoms. The smallest absolute Gasteiger partial charge is 0.410 e. The number of rotatable bonds is 3. The lowest BCUT2D eigenvalue weighted by Crippen LogP contribution is -2.42. The van der Waals surface area contributed by atoms with Gasteiger partial charge in [0.2, 0.25) is 0 Å². The number of anilines is 1. The molecule has 0 saturated carbocycles. The van der Waals surface area contributed by atoms with E-state index in [1.807, 2.05) is 37.8 Å². The molecule has 0 unspecified atom stereocenters. The largest absolute Gasteiger partial charge is 0.444 e. The Balaban J connectivity index is 1.80. The Kier molecular flexibility index (Phi) is 5.79. The molecule has 1 amide bonds. The van der Waals surface area contributed by atoms with Gasteiger partial charge in [-0.15, -0.1) is 0 Å². The molecule has 1 saturated heterocycles. The zero-order valence-corrected chi connectivity index (χ0v) is 15.2. The fourth-order valence-electron chi connectivity index (χ4n) is 2.75. The molecule has 23 heavy (non-hydrogen) atoms. The maximum atomic E-state index is 12.1. The average molecular weight is 339 g/mol.